The number of rotatable bonds is 4. The van der Waals surface area contributed by atoms with E-state index in [0.29, 0.717) is 5.92 Å². The first-order chi connectivity index (χ1) is 15.7. The molecule has 0 saturated carbocycles. The van der Waals surface area contributed by atoms with Crippen LogP contribution < -0.4 is 10.6 Å². The molecule has 1 aliphatic rings. The lowest BCUT2D eigenvalue weighted by Crippen LogP contribution is -2.21. The predicted molar refractivity (Wildman–Crippen MR) is 140 cm³/mol. The van der Waals surface area contributed by atoms with E-state index in [1.165, 1.54) is 49.2 Å². The summed E-state index contributed by atoms with van der Waals surface area (Å²) in [7, 11) is 0. The van der Waals surface area contributed by atoms with Crippen LogP contribution >= 0.6 is 0 Å². The van der Waals surface area contributed by atoms with Gasteiger partial charge in [0.25, 0.3) is 0 Å². The van der Waals surface area contributed by atoms with Gasteiger partial charge in [0.1, 0.15) is 0 Å². The van der Waals surface area contributed by atoms with E-state index in [-0.39, 0.29) is 0 Å². The molecule has 5 rings (SSSR count). The second-order valence-electron chi connectivity index (χ2n) is 8.23. The van der Waals surface area contributed by atoms with Crippen molar-refractivity contribution in [3.8, 4) is 0 Å². The highest BCUT2D eigenvalue weighted by molar-refractivity contribution is 5.92. The third-order valence-electron chi connectivity index (χ3n) is 6.41. The van der Waals surface area contributed by atoms with Crippen LogP contribution in [0.3, 0.4) is 0 Å². The van der Waals surface area contributed by atoms with Crippen LogP contribution in [0, 0.1) is 0 Å². The second kappa shape index (κ2) is 8.39. The van der Waals surface area contributed by atoms with Crippen LogP contribution in [0.2, 0.25) is 0 Å². The minimum Gasteiger partial charge on any atom is -0.355 e. The Morgan fingerprint density at radius 1 is 1.06 bits per heavy atom. The summed E-state index contributed by atoms with van der Waals surface area (Å²) in [6.45, 7) is 7.99. The van der Waals surface area contributed by atoms with E-state index in [9.17, 15) is 0 Å². The van der Waals surface area contributed by atoms with Crippen molar-refractivity contribution in [1.29, 1.82) is 0 Å². The van der Waals surface area contributed by atoms with Gasteiger partial charge in [0.05, 0.1) is 5.52 Å². The van der Waals surface area contributed by atoms with E-state index in [4.69, 9.17) is 0 Å². The molecule has 0 spiro atoms. The number of fused-ring (bicyclic) bond motifs is 2. The van der Waals surface area contributed by atoms with Gasteiger partial charge in [0.15, 0.2) is 0 Å². The lowest BCUT2D eigenvalue weighted by Gasteiger charge is -2.18. The first-order valence-electron chi connectivity index (χ1n) is 11.3. The summed E-state index contributed by atoms with van der Waals surface area (Å²) in [6.07, 6.45) is 20.5. The van der Waals surface area contributed by atoms with E-state index >= 15 is 0 Å². The van der Waals surface area contributed by atoms with E-state index in [0.717, 1.165) is 6.42 Å². The minimum absolute atomic E-state index is 0.388. The topological polar surface area (TPSA) is 20.7 Å². The standard InChI is InChI=1S/C30H28N2/c1-4-7-10-23-20-32(30-12-9-8-11-26(23)30)24-16-13-21(14-17-24)22-15-18-29-27(19-22)25(5-2)28(6-3)31-29/h4-13,15-21,31H,1,14H2,2-3H3. The Kier molecular flexibility index (Phi) is 5.28. The minimum atomic E-state index is 0.388. The molecular weight excluding hydrogens is 388 g/mol. The number of hydrogen-bond acceptors (Lipinski definition) is 0. The van der Waals surface area contributed by atoms with Gasteiger partial charge in [0, 0.05) is 50.2 Å². The largest absolute Gasteiger partial charge is 0.355 e. The number of hydrogen-bond donors (Lipinski definition) is 1. The maximum Gasteiger partial charge on any atom is 0.0534 e. The quantitative estimate of drug-likeness (QED) is 0.366. The smallest absolute Gasteiger partial charge is 0.0534 e. The third-order valence-corrected chi connectivity index (χ3v) is 6.41. The molecule has 0 bridgehead atoms. The molecule has 1 N–H and O–H groups in total. The van der Waals surface area contributed by atoms with E-state index in [1.54, 1.807) is 0 Å². The summed E-state index contributed by atoms with van der Waals surface area (Å²) in [4.78, 5) is 3.53. The summed E-state index contributed by atoms with van der Waals surface area (Å²) in [5.41, 5.74) is 6.22. The Labute approximate surface area is 188 Å². The highest BCUT2D eigenvalue weighted by atomic mass is 15.0. The fourth-order valence-electron chi connectivity index (χ4n) is 4.78. The van der Waals surface area contributed by atoms with Crippen LogP contribution in [0.15, 0.2) is 85.6 Å². The summed E-state index contributed by atoms with van der Waals surface area (Å²) < 4.78 is 2.30. The molecule has 2 nitrogen and oxygen atoms in total. The lowest BCUT2D eigenvalue weighted by atomic mass is 9.91. The Morgan fingerprint density at radius 3 is 2.69 bits per heavy atom. The molecule has 0 amide bonds. The molecule has 2 aromatic heterocycles. The Bertz CT molecular complexity index is 1530. The zero-order valence-electron chi connectivity index (χ0n) is 18.7. The fourth-order valence-corrected chi connectivity index (χ4v) is 4.78. The molecule has 0 aliphatic heterocycles. The molecular formula is C30H28N2. The van der Waals surface area contributed by atoms with Crippen molar-refractivity contribution in [3.05, 3.63) is 107 Å². The number of aromatic nitrogens is 2. The maximum absolute atomic E-state index is 3.80. The number of nitrogens with one attached hydrogen (secondary N) is 1. The Hall–Kier alpha value is -3.78. The number of allylic oxidation sites excluding steroid dienone is 6. The number of para-hydroxylation sites is 1. The Balaban J connectivity index is 1.49. The predicted octanol–water partition coefficient (Wildman–Crippen LogP) is 6.51. The lowest BCUT2D eigenvalue weighted by molar-refractivity contribution is 0.850. The first-order valence-corrected chi connectivity index (χ1v) is 11.3. The summed E-state index contributed by atoms with van der Waals surface area (Å²) in [5, 5.41) is 5.05. The van der Waals surface area contributed by atoms with Gasteiger partial charge in [-0.1, -0.05) is 73.4 Å². The molecule has 2 heteroatoms. The average Bonchev–Trinajstić information content (AvgIpc) is 3.40. The van der Waals surface area contributed by atoms with Gasteiger partial charge in [-0.25, -0.2) is 0 Å². The molecule has 0 fully saturated rings. The van der Waals surface area contributed by atoms with Gasteiger partial charge in [-0.15, -0.1) is 0 Å². The average molecular weight is 417 g/mol. The van der Waals surface area contributed by atoms with Gasteiger partial charge in [0.2, 0.25) is 0 Å². The van der Waals surface area contributed by atoms with Crippen LogP contribution in [0.25, 0.3) is 45.7 Å². The molecule has 1 unspecified atom stereocenters. The molecule has 32 heavy (non-hydrogen) atoms. The van der Waals surface area contributed by atoms with Crippen LogP contribution in [0.5, 0.6) is 0 Å². The number of aromatic amines is 1. The molecule has 0 saturated heterocycles. The second-order valence-corrected chi connectivity index (χ2v) is 8.23. The molecule has 0 radical (unpaired) electrons. The van der Waals surface area contributed by atoms with Gasteiger partial charge in [-0.3, -0.25) is 0 Å². The van der Waals surface area contributed by atoms with E-state index in [2.05, 4.69) is 115 Å². The maximum atomic E-state index is 3.80. The number of nitrogens with zero attached hydrogens (tertiary/aromatic N) is 1. The van der Waals surface area contributed by atoms with Crippen LogP contribution in [0.4, 0.5) is 0 Å². The summed E-state index contributed by atoms with van der Waals surface area (Å²) in [6, 6.07) is 15.4. The van der Waals surface area contributed by atoms with Crippen molar-refractivity contribution >= 4 is 45.7 Å². The van der Waals surface area contributed by atoms with Crippen molar-refractivity contribution in [3.63, 3.8) is 0 Å². The van der Waals surface area contributed by atoms with Crippen molar-refractivity contribution in [1.82, 2.24) is 9.55 Å². The fraction of sp³-hybridized carbons (Fsp3) is 0.133. The van der Waals surface area contributed by atoms with Crippen molar-refractivity contribution in [2.24, 2.45) is 0 Å². The Morgan fingerprint density at radius 2 is 1.94 bits per heavy atom. The van der Waals surface area contributed by atoms with Gasteiger partial charge in [-0.05, 0) is 50.1 Å². The third kappa shape index (κ3) is 3.38. The normalized spacial score (nSPS) is 17.7. The molecule has 1 aliphatic carbocycles. The van der Waals surface area contributed by atoms with Crippen molar-refractivity contribution in [2.45, 2.75) is 26.2 Å². The van der Waals surface area contributed by atoms with Crippen molar-refractivity contribution in [2.75, 3.05) is 0 Å². The van der Waals surface area contributed by atoms with Crippen LogP contribution in [0.1, 0.15) is 37.3 Å². The zero-order valence-corrected chi connectivity index (χ0v) is 18.7. The SMILES string of the molecule is C=CC=Cc1cn(C2=CCC(c3ccc4[nH]c(=CC)c(=CC)c4c3)C=C2)c2ccccc12. The molecule has 4 aromatic rings. The van der Waals surface area contributed by atoms with Gasteiger partial charge >= 0.3 is 0 Å². The summed E-state index contributed by atoms with van der Waals surface area (Å²) >= 11 is 0. The van der Waals surface area contributed by atoms with Crippen LogP contribution in [-0.2, 0) is 0 Å². The van der Waals surface area contributed by atoms with Gasteiger partial charge in [-0.2, -0.15) is 0 Å². The number of H-pyrrole nitrogens is 1. The highest BCUT2D eigenvalue weighted by Gasteiger charge is 2.15. The molecule has 1 atom stereocenters. The summed E-state index contributed by atoms with van der Waals surface area (Å²) in [5.74, 6) is 0.388. The monoisotopic (exact) mass is 416 g/mol. The van der Waals surface area contributed by atoms with Crippen molar-refractivity contribution < 1.29 is 0 Å². The van der Waals surface area contributed by atoms with Gasteiger partial charge < -0.3 is 9.55 Å². The van der Waals surface area contributed by atoms with E-state index < -0.39 is 0 Å². The number of benzene rings is 2. The van der Waals surface area contributed by atoms with E-state index in [1.807, 2.05) is 12.2 Å². The van der Waals surface area contributed by atoms with Crippen LogP contribution in [-0.4, -0.2) is 9.55 Å². The molecule has 158 valence electrons. The first kappa shape index (κ1) is 20.1. The molecule has 2 heterocycles. The molecule has 2 aromatic carbocycles. The zero-order chi connectivity index (χ0) is 22.1. The highest BCUT2D eigenvalue weighted by Crippen LogP contribution is 2.32.